The summed E-state index contributed by atoms with van der Waals surface area (Å²) in [6.45, 7) is 1.20. The molecule has 0 heterocycles. The van der Waals surface area contributed by atoms with Gasteiger partial charge >= 0.3 is 0 Å². The van der Waals surface area contributed by atoms with Gasteiger partial charge in [-0.25, -0.2) is 9.79 Å². The summed E-state index contributed by atoms with van der Waals surface area (Å²) in [6, 6.07) is 10.2. The minimum atomic E-state index is 0.232. The van der Waals surface area contributed by atoms with Gasteiger partial charge in [-0.15, -0.1) is 0 Å². The van der Waals surface area contributed by atoms with Gasteiger partial charge < -0.3 is 4.74 Å². The van der Waals surface area contributed by atoms with E-state index in [-0.39, 0.29) is 6.10 Å². The zero-order chi connectivity index (χ0) is 12.6. The molecule has 3 heteroatoms. The van der Waals surface area contributed by atoms with Crippen molar-refractivity contribution >= 4 is 6.08 Å². The second-order valence-electron chi connectivity index (χ2n) is 4.81. The average molecular weight is 245 g/mol. The molecular formula is C15H19NO2. The summed E-state index contributed by atoms with van der Waals surface area (Å²) < 4.78 is 5.99. The quantitative estimate of drug-likeness (QED) is 0.590. The van der Waals surface area contributed by atoms with Crippen LogP contribution in [0.25, 0.3) is 0 Å². The molecule has 1 aromatic carbocycles. The van der Waals surface area contributed by atoms with E-state index in [0.717, 1.165) is 12.8 Å². The average Bonchev–Trinajstić information content (AvgIpc) is 2.45. The minimum absolute atomic E-state index is 0.232. The number of hydrogen-bond acceptors (Lipinski definition) is 3. The van der Waals surface area contributed by atoms with Crippen LogP contribution >= 0.6 is 0 Å². The minimum Gasteiger partial charge on any atom is -0.373 e. The Hall–Kier alpha value is -1.44. The van der Waals surface area contributed by atoms with E-state index >= 15 is 0 Å². The molecule has 1 aromatic rings. The van der Waals surface area contributed by atoms with Crippen molar-refractivity contribution < 1.29 is 9.53 Å². The van der Waals surface area contributed by atoms with Crippen molar-refractivity contribution in [2.45, 2.75) is 38.4 Å². The molecule has 1 saturated carbocycles. The lowest BCUT2D eigenvalue weighted by molar-refractivity contribution is -0.0181. The third-order valence-corrected chi connectivity index (χ3v) is 3.54. The second-order valence-corrected chi connectivity index (χ2v) is 4.81. The molecule has 3 nitrogen and oxygen atoms in total. The zero-order valence-electron chi connectivity index (χ0n) is 10.5. The smallest absolute Gasteiger partial charge is 0.234 e. The van der Waals surface area contributed by atoms with Crippen LogP contribution in [0.3, 0.4) is 0 Å². The summed E-state index contributed by atoms with van der Waals surface area (Å²) in [5.41, 5.74) is 1.20. The Kier molecular flexibility index (Phi) is 5.13. The molecule has 1 fully saturated rings. The number of benzene rings is 1. The predicted molar refractivity (Wildman–Crippen MR) is 70.0 cm³/mol. The van der Waals surface area contributed by atoms with E-state index in [9.17, 15) is 4.79 Å². The molecule has 0 aromatic heterocycles. The number of nitrogens with zero attached hydrogens (tertiary/aromatic N) is 1. The van der Waals surface area contributed by atoms with Crippen molar-refractivity contribution in [1.82, 2.24) is 0 Å². The first kappa shape index (κ1) is 13.0. The molecule has 2 unspecified atom stereocenters. The Morgan fingerprint density at radius 2 is 2.00 bits per heavy atom. The van der Waals surface area contributed by atoms with E-state index < -0.39 is 0 Å². The van der Waals surface area contributed by atoms with Gasteiger partial charge in [0.15, 0.2) is 0 Å². The van der Waals surface area contributed by atoms with Gasteiger partial charge in [0.2, 0.25) is 6.08 Å². The molecule has 0 spiro atoms. The lowest BCUT2D eigenvalue weighted by Crippen LogP contribution is -2.29. The number of isocyanates is 1. The van der Waals surface area contributed by atoms with Crippen LogP contribution < -0.4 is 0 Å². The van der Waals surface area contributed by atoms with Crippen molar-refractivity contribution in [2.24, 2.45) is 10.9 Å². The van der Waals surface area contributed by atoms with E-state index in [1.165, 1.54) is 18.4 Å². The maximum absolute atomic E-state index is 10.2. The van der Waals surface area contributed by atoms with Crippen molar-refractivity contribution in [3.63, 3.8) is 0 Å². The first-order valence-corrected chi connectivity index (χ1v) is 6.59. The summed E-state index contributed by atoms with van der Waals surface area (Å²) in [7, 11) is 0. The highest BCUT2D eigenvalue weighted by Gasteiger charge is 2.25. The second kappa shape index (κ2) is 7.10. The van der Waals surface area contributed by atoms with E-state index in [0.29, 0.717) is 19.1 Å². The molecule has 2 atom stereocenters. The van der Waals surface area contributed by atoms with Gasteiger partial charge in [-0.3, -0.25) is 0 Å². The molecule has 96 valence electrons. The lowest BCUT2D eigenvalue weighted by atomic mass is 9.86. The Balaban J connectivity index is 1.87. The predicted octanol–water partition coefficient (Wildman–Crippen LogP) is 3.10. The molecule has 2 rings (SSSR count). The number of rotatable bonds is 5. The van der Waals surface area contributed by atoms with Crippen molar-refractivity contribution in [3.05, 3.63) is 35.9 Å². The van der Waals surface area contributed by atoms with Gasteiger partial charge in [0.05, 0.1) is 19.3 Å². The van der Waals surface area contributed by atoms with Gasteiger partial charge in [0.25, 0.3) is 0 Å². The van der Waals surface area contributed by atoms with Crippen molar-refractivity contribution in [1.29, 1.82) is 0 Å². The molecule has 0 radical (unpaired) electrons. The fraction of sp³-hybridized carbons (Fsp3) is 0.533. The Morgan fingerprint density at radius 1 is 1.22 bits per heavy atom. The summed E-state index contributed by atoms with van der Waals surface area (Å²) in [4.78, 5) is 13.9. The highest BCUT2D eigenvalue weighted by atomic mass is 16.5. The van der Waals surface area contributed by atoms with Crippen LogP contribution in [0.15, 0.2) is 35.3 Å². The molecule has 1 aliphatic carbocycles. The highest BCUT2D eigenvalue weighted by molar-refractivity contribution is 5.32. The van der Waals surface area contributed by atoms with Crippen LogP contribution in [-0.2, 0) is 16.1 Å². The molecule has 0 N–H and O–H groups in total. The third-order valence-electron chi connectivity index (χ3n) is 3.54. The molecule has 0 bridgehead atoms. The normalized spacial score (nSPS) is 23.3. The Labute approximate surface area is 108 Å². The van der Waals surface area contributed by atoms with Crippen LogP contribution in [-0.4, -0.2) is 18.7 Å². The van der Waals surface area contributed by atoms with Gasteiger partial charge in [0, 0.05) is 5.92 Å². The van der Waals surface area contributed by atoms with E-state index in [1.807, 2.05) is 18.2 Å². The Bertz CT molecular complexity index is 398. The fourth-order valence-electron chi connectivity index (χ4n) is 2.53. The van der Waals surface area contributed by atoms with Crippen molar-refractivity contribution in [2.75, 3.05) is 6.54 Å². The summed E-state index contributed by atoms with van der Waals surface area (Å²) in [5, 5.41) is 0. The van der Waals surface area contributed by atoms with Crippen LogP contribution in [0.5, 0.6) is 0 Å². The van der Waals surface area contributed by atoms with E-state index in [4.69, 9.17) is 4.74 Å². The Morgan fingerprint density at radius 3 is 2.78 bits per heavy atom. The van der Waals surface area contributed by atoms with Crippen LogP contribution in [0.2, 0.25) is 0 Å². The third kappa shape index (κ3) is 3.80. The number of hydrogen-bond donors (Lipinski definition) is 0. The summed E-state index contributed by atoms with van der Waals surface area (Å²) in [6.07, 6.45) is 6.46. The molecule has 0 amide bonds. The largest absolute Gasteiger partial charge is 0.373 e. The monoisotopic (exact) mass is 245 g/mol. The van der Waals surface area contributed by atoms with Crippen LogP contribution in [0, 0.1) is 5.92 Å². The topological polar surface area (TPSA) is 38.7 Å². The fourth-order valence-corrected chi connectivity index (χ4v) is 2.53. The van der Waals surface area contributed by atoms with Gasteiger partial charge in [-0.1, -0.05) is 43.2 Å². The maximum atomic E-state index is 10.2. The zero-order valence-corrected chi connectivity index (χ0v) is 10.5. The van der Waals surface area contributed by atoms with Crippen LogP contribution in [0.4, 0.5) is 0 Å². The maximum Gasteiger partial charge on any atom is 0.234 e. The number of ether oxygens (including phenoxy) is 1. The molecule has 1 aliphatic rings. The first-order chi connectivity index (χ1) is 8.90. The standard InChI is InChI=1S/C15H19NO2/c17-12-16-10-14-8-4-5-9-15(14)18-11-13-6-2-1-3-7-13/h1-3,6-7,14-15H,4-5,8-11H2. The van der Waals surface area contributed by atoms with Gasteiger partial charge in [-0.05, 0) is 18.4 Å². The van der Waals surface area contributed by atoms with Gasteiger partial charge in [-0.2, -0.15) is 0 Å². The molecule has 0 saturated heterocycles. The van der Waals surface area contributed by atoms with Crippen LogP contribution in [0.1, 0.15) is 31.2 Å². The van der Waals surface area contributed by atoms with E-state index in [2.05, 4.69) is 17.1 Å². The molecule has 18 heavy (non-hydrogen) atoms. The number of aliphatic imine (C=N–C) groups is 1. The van der Waals surface area contributed by atoms with Crippen molar-refractivity contribution in [3.8, 4) is 0 Å². The lowest BCUT2D eigenvalue weighted by Gasteiger charge is -2.30. The highest BCUT2D eigenvalue weighted by Crippen LogP contribution is 2.27. The molecular weight excluding hydrogens is 226 g/mol. The first-order valence-electron chi connectivity index (χ1n) is 6.59. The number of carbonyl (C=O) groups excluding carboxylic acids is 1. The van der Waals surface area contributed by atoms with Gasteiger partial charge in [0.1, 0.15) is 0 Å². The summed E-state index contributed by atoms with van der Waals surface area (Å²) >= 11 is 0. The summed E-state index contributed by atoms with van der Waals surface area (Å²) in [5.74, 6) is 0.379. The SMILES string of the molecule is O=C=NCC1CCCCC1OCc1ccccc1. The van der Waals surface area contributed by atoms with E-state index in [1.54, 1.807) is 6.08 Å². The molecule has 0 aliphatic heterocycles.